The molecule has 0 amide bonds. The Balaban J connectivity index is 4.32. The van der Waals surface area contributed by atoms with Gasteiger partial charge in [0, 0.05) is 19.3 Å². The Hall–Kier alpha value is -2.37. The van der Waals surface area contributed by atoms with Crippen LogP contribution in [-0.4, -0.2) is 37.2 Å². The van der Waals surface area contributed by atoms with Crippen LogP contribution in [0.25, 0.3) is 0 Å². The molecule has 1 unspecified atom stereocenters. The molecule has 0 aliphatic rings. The van der Waals surface area contributed by atoms with Crippen LogP contribution in [0.15, 0.2) is 36.5 Å². The van der Waals surface area contributed by atoms with E-state index in [9.17, 15) is 14.4 Å². The van der Waals surface area contributed by atoms with Crippen LogP contribution in [0, 0.1) is 0 Å². The number of allylic oxidation sites excluding steroid dienone is 6. The maximum absolute atomic E-state index is 12.8. The van der Waals surface area contributed by atoms with Gasteiger partial charge in [0.15, 0.2) is 6.10 Å². The largest absolute Gasteiger partial charge is 0.462 e. The summed E-state index contributed by atoms with van der Waals surface area (Å²) in [6.07, 6.45) is 62.7. The van der Waals surface area contributed by atoms with Crippen molar-refractivity contribution in [2.45, 2.75) is 303 Å². The number of carbonyl (C=O) groups excluding carboxylic acids is 3. The summed E-state index contributed by atoms with van der Waals surface area (Å²) in [5.41, 5.74) is 0. The van der Waals surface area contributed by atoms with E-state index >= 15 is 0 Å². The molecule has 0 spiro atoms. The van der Waals surface area contributed by atoms with Gasteiger partial charge in [-0.3, -0.25) is 14.4 Å². The summed E-state index contributed by atoms with van der Waals surface area (Å²) in [5.74, 6) is -0.872. The third kappa shape index (κ3) is 50.6. The molecule has 0 saturated heterocycles. The molecule has 0 aliphatic heterocycles. The molecule has 0 N–H and O–H groups in total. The molecule has 0 aliphatic carbocycles. The molecular formula is C58H106O6. The first-order valence-electron chi connectivity index (χ1n) is 28.0. The van der Waals surface area contributed by atoms with Crippen LogP contribution in [0.5, 0.6) is 0 Å². The second-order valence-electron chi connectivity index (χ2n) is 18.9. The smallest absolute Gasteiger partial charge is 0.306 e. The molecule has 0 radical (unpaired) electrons. The Bertz CT molecular complexity index is 1080. The highest BCUT2D eigenvalue weighted by Gasteiger charge is 2.19. The average molecular weight is 899 g/mol. The number of rotatable bonds is 51. The molecule has 0 aromatic carbocycles. The molecule has 0 aromatic rings. The van der Waals surface area contributed by atoms with Gasteiger partial charge in [0.25, 0.3) is 0 Å². The summed E-state index contributed by atoms with van der Waals surface area (Å²) in [5, 5.41) is 0. The summed E-state index contributed by atoms with van der Waals surface area (Å²) in [6.45, 7) is 6.62. The van der Waals surface area contributed by atoms with E-state index in [-0.39, 0.29) is 31.1 Å². The second-order valence-corrected chi connectivity index (χ2v) is 18.9. The monoisotopic (exact) mass is 899 g/mol. The minimum atomic E-state index is -0.774. The molecule has 0 rings (SSSR count). The lowest BCUT2D eigenvalue weighted by Crippen LogP contribution is -2.30. The van der Waals surface area contributed by atoms with Crippen LogP contribution >= 0.6 is 0 Å². The highest BCUT2D eigenvalue weighted by Crippen LogP contribution is 2.16. The lowest BCUT2D eigenvalue weighted by molar-refractivity contribution is -0.167. The van der Waals surface area contributed by atoms with Crippen molar-refractivity contribution in [1.29, 1.82) is 0 Å². The molecule has 0 saturated carbocycles. The number of hydrogen-bond acceptors (Lipinski definition) is 6. The Morgan fingerprint density at radius 1 is 0.312 bits per heavy atom. The van der Waals surface area contributed by atoms with E-state index in [1.54, 1.807) is 0 Å². The Morgan fingerprint density at radius 2 is 0.562 bits per heavy atom. The summed E-state index contributed by atoms with van der Waals surface area (Å²) >= 11 is 0. The zero-order chi connectivity index (χ0) is 46.5. The van der Waals surface area contributed by atoms with Crippen LogP contribution in [0.1, 0.15) is 297 Å². The first-order chi connectivity index (χ1) is 31.5. The molecule has 0 heterocycles. The zero-order valence-corrected chi connectivity index (χ0v) is 42.8. The lowest BCUT2D eigenvalue weighted by atomic mass is 10.1. The Labute approximate surface area is 397 Å². The van der Waals surface area contributed by atoms with Crippen molar-refractivity contribution in [3.8, 4) is 0 Å². The third-order valence-corrected chi connectivity index (χ3v) is 12.4. The number of unbranched alkanes of at least 4 members (excludes halogenated alkanes) is 35. The fourth-order valence-electron chi connectivity index (χ4n) is 8.14. The molecule has 374 valence electrons. The highest BCUT2D eigenvalue weighted by atomic mass is 16.6. The fraction of sp³-hybridized carbons (Fsp3) is 0.845. The van der Waals surface area contributed by atoms with Gasteiger partial charge >= 0.3 is 17.9 Å². The maximum atomic E-state index is 12.8. The van der Waals surface area contributed by atoms with Crippen molar-refractivity contribution in [3.63, 3.8) is 0 Å². The van der Waals surface area contributed by atoms with E-state index in [0.717, 1.165) is 64.2 Å². The van der Waals surface area contributed by atoms with E-state index in [1.807, 2.05) is 0 Å². The quantitative estimate of drug-likeness (QED) is 0.0199. The van der Waals surface area contributed by atoms with Crippen molar-refractivity contribution in [3.05, 3.63) is 36.5 Å². The second kappa shape index (κ2) is 53.2. The first-order valence-corrected chi connectivity index (χ1v) is 28.0. The molecule has 6 heteroatoms. The lowest BCUT2D eigenvalue weighted by Gasteiger charge is -2.18. The molecule has 0 aromatic heterocycles. The minimum absolute atomic E-state index is 0.0732. The van der Waals surface area contributed by atoms with Gasteiger partial charge in [-0.05, 0) is 70.6 Å². The molecule has 6 nitrogen and oxygen atoms in total. The van der Waals surface area contributed by atoms with E-state index in [0.29, 0.717) is 19.3 Å². The minimum Gasteiger partial charge on any atom is -0.462 e. The van der Waals surface area contributed by atoms with Crippen molar-refractivity contribution < 1.29 is 28.6 Å². The van der Waals surface area contributed by atoms with Crippen molar-refractivity contribution in [1.82, 2.24) is 0 Å². The van der Waals surface area contributed by atoms with Crippen molar-refractivity contribution >= 4 is 17.9 Å². The van der Waals surface area contributed by atoms with Crippen molar-refractivity contribution in [2.75, 3.05) is 13.2 Å². The molecule has 0 bridgehead atoms. The standard InChI is InChI=1S/C58H106O6/c1-4-7-10-13-16-19-22-24-26-28-29-30-32-33-36-39-42-45-48-51-57(60)63-54-55(53-62-56(59)50-47-44-41-38-35-21-18-15-12-9-6-3)64-58(61)52-49-46-43-40-37-34-31-27-25-23-20-17-14-11-8-5-2/h16,19,22,24,27,31,55H,4-15,17-18,20-21,23,25-26,28-30,32-54H2,1-3H3/b19-16-,24-22-,31-27-. The van der Waals surface area contributed by atoms with E-state index in [2.05, 4.69) is 57.2 Å². The fourth-order valence-corrected chi connectivity index (χ4v) is 8.14. The van der Waals surface area contributed by atoms with Crippen LogP contribution in [0.2, 0.25) is 0 Å². The van der Waals surface area contributed by atoms with Gasteiger partial charge in [0.05, 0.1) is 0 Å². The number of carbonyl (C=O) groups is 3. The highest BCUT2D eigenvalue weighted by molar-refractivity contribution is 5.71. The molecule has 1 atom stereocenters. The van der Waals surface area contributed by atoms with Gasteiger partial charge in [-0.25, -0.2) is 0 Å². The Kier molecular flexibility index (Phi) is 51.3. The topological polar surface area (TPSA) is 78.9 Å². The van der Waals surface area contributed by atoms with Crippen LogP contribution in [0.4, 0.5) is 0 Å². The van der Waals surface area contributed by atoms with Crippen LogP contribution in [0.3, 0.4) is 0 Å². The van der Waals surface area contributed by atoms with Gasteiger partial charge in [0.1, 0.15) is 13.2 Å². The van der Waals surface area contributed by atoms with Crippen molar-refractivity contribution in [2.24, 2.45) is 0 Å². The molecule has 0 fully saturated rings. The number of ether oxygens (including phenoxy) is 3. The van der Waals surface area contributed by atoms with Gasteiger partial charge in [-0.15, -0.1) is 0 Å². The summed E-state index contributed by atoms with van der Waals surface area (Å²) in [7, 11) is 0. The van der Waals surface area contributed by atoms with Gasteiger partial charge in [-0.1, -0.05) is 243 Å². The van der Waals surface area contributed by atoms with Crippen LogP contribution < -0.4 is 0 Å². The zero-order valence-electron chi connectivity index (χ0n) is 42.8. The normalized spacial score (nSPS) is 12.2. The third-order valence-electron chi connectivity index (χ3n) is 12.4. The van der Waals surface area contributed by atoms with E-state index in [1.165, 1.54) is 193 Å². The first kappa shape index (κ1) is 61.6. The van der Waals surface area contributed by atoms with E-state index in [4.69, 9.17) is 14.2 Å². The maximum Gasteiger partial charge on any atom is 0.306 e. The van der Waals surface area contributed by atoms with Gasteiger partial charge in [0.2, 0.25) is 0 Å². The summed E-state index contributed by atoms with van der Waals surface area (Å²) in [4.78, 5) is 38.0. The number of esters is 3. The SMILES string of the molecule is CCCCC/C=C\C=C/CCCCCCCCCCCCC(=O)OCC(COC(=O)CCCCCCCCCCCCC)OC(=O)CCCCCCC/C=C\CCCCCCCCC. The molecular weight excluding hydrogens is 793 g/mol. The predicted molar refractivity (Wildman–Crippen MR) is 275 cm³/mol. The van der Waals surface area contributed by atoms with Gasteiger partial charge < -0.3 is 14.2 Å². The predicted octanol–water partition coefficient (Wildman–Crippen LogP) is 18.5. The summed E-state index contributed by atoms with van der Waals surface area (Å²) < 4.78 is 16.8. The average Bonchev–Trinajstić information content (AvgIpc) is 3.29. The number of hydrogen-bond donors (Lipinski definition) is 0. The van der Waals surface area contributed by atoms with Gasteiger partial charge in [-0.2, -0.15) is 0 Å². The molecule has 64 heavy (non-hydrogen) atoms. The Morgan fingerprint density at radius 3 is 0.906 bits per heavy atom. The van der Waals surface area contributed by atoms with Crippen LogP contribution in [-0.2, 0) is 28.6 Å². The van der Waals surface area contributed by atoms with E-state index < -0.39 is 6.10 Å². The summed E-state index contributed by atoms with van der Waals surface area (Å²) in [6, 6.07) is 0.